The monoisotopic (exact) mass is 1060 g/mol. The number of anilines is 8. The van der Waals surface area contributed by atoms with Gasteiger partial charge in [-0.3, -0.25) is 18.2 Å². The fraction of sp³-hybridized carbons (Fsp3) is 0.412. The maximum atomic E-state index is 12.7. The van der Waals surface area contributed by atoms with Gasteiger partial charge in [0.25, 0.3) is 40.5 Å². The quantitative estimate of drug-likeness (QED) is 0.0203. The predicted molar refractivity (Wildman–Crippen MR) is 243 cm³/mol. The van der Waals surface area contributed by atoms with Crippen LogP contribution >= 0.6 is 0 Å². The van der Waals surface area contributed by atoms with E-state index in [2.05, 4.69) is 56.5 Å². The highest BCUT2D eigenvalue weighted by atomic mass is 32.2. The molecule has 382 valence electrons. The number of aliphatic hydroxyl groups is 7. The van der Waals surface area contributed by atoms with E-state index < -0.39 is 119 Å². The van der Waals surface area contributed by atoms with E-state index in [1.54, 1.807) is 0 Å². The summed E-state index contributed by atoms with van der Waals surface area (Å²) in [7, 11) is -17.7. The Morgan fingerprint density at radius 3 is 1.41 bits per heavy atom. The SMILES string of the molecule is CN(CC(O)C(O)C(O)C(O)CO)c1nc(NCCS(=O)(=O)O)nc(Nc2ccc(C=Cc3ccc(Nc4nc(NCCS(=O)(=O)O)nc(NCC(O)CO)n4)cc3S(=O)(=O)O)c(S(=O)(=O)O)c2)n1. The van der Waals surface area contributed by atoms with E-state index in [0.717, 1.165) is 35.3 Å². The molecule has 0 saturated carbocycles. The van der Waals surface area contributed by atoms with E-state index in [-0.39, 0.29) is 71.3 Å². The summed E-state index contributed by atoms with van der Waals surface area (Å²) in [5, 5.41) is 81.5. The van der Waals surface area contributed by atoms with Crippen molar-refractivity contribution in [2.75, 3.05) is 89.4 Å². The number of hydrogen-bond acceptors (Lipinski definition) is 27. The Morgan fingerprint density at radius 2 is 0.971 bits per heavy atom. The Balaban J connectivity index is 1.66. The highest BCUT2D eigenvalue weighted by Crippen LogP contribution is 2.28. The fourth-order valence-corrected chi connectivity index (χ4v) is 7.67. The van der Waals surface area contributed by atoms with Crippen LogP contribution in [0.15, 0.2) is 46.2 Å². The van der Waals surface area contributed by atoms with E-state index in [1.807, 2.05) is 0 Å². The second-order valence-electron chi connectivity index (χ2n) is 14.4. The van der Waals surface area contributed by atoms with E-state index in [4.69, 9.17) is 19.3 Å². The number of nitrogens with one attached hydrogen (secondary N) is 5. The highest BCUT2D eigenvalue weighted by Gasteiger charge is 2.31. The molecule has 0 radical (unpaired) electrons. The Kier molecular flexibility index (Phi) is 19.3. The number of hydrogen-bond donors (Lipinski definition) is 16. The van der Waals surface area contributed by atoms with E-state index in [0.29, 0.717) is 0 Å². The van der Waals surface area contributed by atoms with Crippen LogP contribution in [0.3, 0.4) is 0 Å². The Hall–Kier alpha value is -5.64. The maximum absolute atomic E-state index is 12.7. The average Bonchev–Trinajstić information content (AvgIpc) is 3.25. The van der Waals surface area contributed by atoms with Gasteiger partial charge in [-0.25, -0.2) is 0 Å². The normalized spacial score (nSPS) is 14.7. The molecule has 4 rings (SSSR count). The lowest BCUT2D eigenvalue weighted by molar-refractivity contribution is -0.112. The minimum atomic E-state index is -5.08. The third kappa shape index (κ3) is 18.0. The van der Waals surface area contributed by atoms with Crippen LogP contribution in [0.4, 0.5) is 47.1 Å². The van der Waals surface area contributed by atoms with Crippen LogP contribution in [-0.2, 0) is 40.5 Å². The molecule has 0 amide bonds. The third-order valence-electron chi connectivity index (χ3n) is 8.92. The molecule has 0 saturated heterocycles. The number of benzene rings is 2. The molecule has 0 fully saturated rings. The summed E-state index contributed by atoms with van der Waals surface area (Å²) in [6.07, 6.45) is -6.65. The molecule has 0 aliphatic carbocycles. The van der Waals surface area contributed by atoms with Gasteiger partial charge >= 0.3 is 0 Å². The topological polar surface area (TPSA) is 500 Å². The molecule has 2 aromatic carbocycles. The minimum absolute atomic E-state index is 0.0693. The molecule has 0 bridgehead atoms. The van der Waals surface area contributed by atoms with Crippen molar-refractivity contribution in [1.82, 2.24) is 29.9 Å². The number of likely N-dealkylation sites (N-methyl/N-ethyl adjacent to an activating group) is 1. The number of aliphatic hydroxyl groups excluding tert-OH is 7. The first-order chi connectivity index (χ1) is 32.0. The van der Waals surface area contributed by atoms with Crippen molar-refractivity contribution >= 4 is 99.7 Å². The smallest absolute Gasteiger partial charge is 0.295 e. The van der Waals surface area contributed by atoms with Gasteiger partial charge in [0.2, 0.25) is 35.7 Å². The van der Waals surface area contributed by atoms with Gasteiger partial charge in [-0.2, -0.15) is 63.6 Å². The highest BCUT2D eigenvalue weighted by molar-refractivity contribution is 7.86. The summed E-state index contributed by atoms with van der Waals surface area (Å²) in [5.41, 5.74) is -0.642. The van der Waals surface area contributed by atoms with Crippen LogP contribution in [-0.4, -0.2) is 206 Å². The van der Waals surface area contributed by atoms with Crippen molar-refractivity contribution in [3.8, 4) is 0 Å². The standard InChI is InChI=1S/C34H48N12O19S4/c1-46(15-23(50)27(52)28(53)24(51)17-48)34-44-30(36-9-11-67(57,58)59)42-33(45-34)39-21-7-5-19(26(13-21)69(63,64)65)3-2-18-4-6-20(12-25(18)68(60,61)62)38-32-41-29(35-8-10-66(54,55)56)40-31(43-32)37-14-22(49)16-47/h2-7,12-13,22-24,27-28,47-53H,8-11,14-17H2,1H3,(H,54,55,56)(H,57,58,59)(H,60,61,62)(H,63,64,65)(H2,36,39,42,44,45)(H3,35,37,38,40,41,43). The Bertz CT molecular complexity index is 2900. The lowest BCUT2D eigenvalue weighted by Crippen LogP contribution is -2.49. The van der Waals surface area contributed by atoms with Crippen molar-refractivity contribution in [1.29, 1.82) is 0 Å². The molecule has 4 aromatic rings. The molecule has 69 heavy (non-hydrogen) atoms. The largest absolute Gasteiger partial charge is 0.394 e. The predicted octanol–water partition coefficient (Wildman–Crippen LogP) is -3.56. The van der Waals surface area contributed by atoms with Crippen molar-refractivity contribution < 1.29 is 87.6 Å². The van der Waals surface area contributed by atoms with Gasteiger partial charge in [-0.1, -0.05) is 24.3 Å². The summed E-state index contributed by atoms with van der Waals surface area (Å²) in [6, 6.07) is 6.71. The number of rotatable bonds is 27. The Labute approximate surface area is 393 Å². The molecular weight excluding hydrogens is 1010 g/mol. The van der Waals surface area contributed by atoms with Gasteiger partial charge in [0.05, 0.1) is 30.8 Å². The van der Waals surface area contributed by atoms with E-state index in [9.17, 15) is 68.3 Å². The maximum Gasteiger partial charge on any atom is 0.295 e. The first-order valence-electron chi connectivity index (χ1n) is 19.5. The summed E-state index contributed by atoms with van der Waals surface area (Å²) in [4.78, 5) is 24.1. The van der Waals surface area contributed by atoms with Gasteiger partial charge in [-0.15, -0.1) is 0 Å². The van der Waals surface area contributed by atoms with Crippen molar-refractivity contribution in [2.45, 2.75) is 40.3 Å². The van der Waals surface area contributed by atoms with Gasteiger partial charge in [0.1, 0.15) is 34.2 Å². The molecule has 2 heterocycles. The van der Waals surface area contributed by atoms with E-state index >= 15 is 0 Å². The zero-order valence-corrected chi connectivity index (χ0v) is 38.9. The fourth-order valence-electron chi connectivity index (χ4n) is 5.54. The number of aromatic nitrogens is 6. The first-order valence-corrected chi connectivity index (χ1v) is 25.6. The molecule has 35 heteroatoms. The molecule has 5 unspecified atom stereocenters. The molecule has 31 nitrogen and oxygen atoms in total. The lowest BCUT2D eigenvalue weighted by Gasteiger charge is -2.28. The summed E-state index contributed by atoms with van der Waals surface area (Å²) in [5.74, 6) is -3.32. The second kappa shape index (κ2) is 23.8. The number of nitrogens with zero attached hydrogens (tertiary/aromatic N) is 7. The third-order valence-corrected chi connectivity index (χ3v) is 12.2. The summed E-state index contributed by atoms with van der Waals surface area (Å²) < 4.78 is 134. The van der Waals surface area contributed by atoms with E-state index in [1.165, 1.54) is 25.2 Å². The van der Waals surface area contributed by atoms with Gasteiger partial charge in [0.15, 0.2) is 0 Å². The average molecular weight is 1060 g/mol. The summed E-state index contributed by atoms with van der Waals surface area (Å²) >= 11 is 0. The Morgan fingerprint density at radius 1 is 0.565 bits per heavy atom. The van der Waals surface area contributed by atoms with Crippen LogP contribution in [0.1, 0.15) is 11.1 Å². The molecule has 0 aliphatic heterocycles. The zero-order valence-electron chi connectivity index (χ0n) is 35.6. The molecular formula is C34H48N12O19S4. The molecule has 0 spiro atoms. The second-order valence-corrected chi connectivity index (χ2v) is 20.4. The van der Waals surface area contributed by atoms with Crippen LogP contribution < -0.4 is 31.5 Å². The summed E-state index contributed by atoms with van der Waals surface area (Å²) in [6.45, 7) is -3.17. The molecule has 16 N–H and O–H groups in total. The van der Waals surface area contributed by atoms with Gasteiger partial charge < -0.3 is 67.2 Å². The lowest BCUT2D eigenvalue weighted by atomic mass is 10.0. The van der Waals surface area contributed by atoms with Crippen LogP contribution in [0.25, 0.3) is 12.2 Å². The van der Waals surface area contributed by atoms with Crippen LogP contribution in [0, 0.1) is 0 Å². The minimum Gasteiger partial charge on any atom is -0.394 e. The van der Waals surface area contributed by atoms with Crippen LogP contribution in [0.5, 0.6) is 0 Å². The molecule has 5 atom stereocenters. The van der Waals surface area contributed by atoms with Gasteiger partial charge in [0, 0.05) is 44.6 Å². The molecule has 2 aromatic heterocycles. The van der Waals surface area contributed by atoms with Gasteiger partial charge in [-0.05, 0) is 35.4 Å². The molecule has 0 aliphatic rings. The van der Waals surface area contributed by atoms with Crippen LogP contribution in [0.2, 0.25) is 0 Å². The first kappa shape index (κ1) is 56.0. The zero-order chi connectivity index (χ0) is 51.5. The van der Waals surface area contributed by atoms with Crippen molar-refractivity contribution in [2.24, 2.45) is 0 Å². The van der Waals surface area contributed by atoms with Crippen molar-refractivity contribution in [3.05, 3.63) is 47.5 Å². The van der Waals surface area contributed by atoms with Crippen molar-refractivity contribution in [3.63, 3.8) is 0 Å².